The van der Waals surface area contributed by atoms with E-state index in [9.17, 15) is 14.4 Å². The average Bonchev–Trinajstić information content (AvgIpc) is 3.16. The Morgan fingerprint density at radius 3 is 2.92 bits per heavy atom. The number of carbonyl (C=O) groups is 2. The first-order valence-electron chi connectivity index (χ1n) is 7.65. The molecule has 0 aliphatic heterocycles. The molecule has 0 aliphatic rings. The Kier molecular flexibility index (Phi) is 6.80. The maximum atomic E-state index is 12.3. The molecule has 0 unspecified atom stereocenters. The molecular formula is C15H20N4O3S2. The molecule has 1 amide bonds. The van der Waals surface area contributed by atoms with Crippen molar-refractivity contribution in [2.24, 2.45) is 0 Å². The number of nitrogens with one attached hydrogen (secondary N) is 2. The summed E-state index contributed by atoms with van der Waals surface area (Å²) in [6.45, 7) is 4.54. The number of thioether (sulfide) groups is 1. The van der Waals surface area contributed by atoms with Gasteiger partial charge >= 0.3 is 5.69 Å². The van der Waals surface area contributed by atoms with Crippen LogP contribution in [-0.2, 0) is 17.9 Å². The first kappa shape index (κ1) is 18.5. The fraction of sp³-hybridized carbons (Fsp3) is 0.467. The number of unbranched alkanes of at least 4 members (excludes halogenated alkanes) is 1. The quantitative estimate of drug-likeness (QED) is 0.521. The SMILES string of the molecule is CCCCn1c(SCC(=O)c2ccc(CNC(C)=O)s2)n[nH]c1=O. The van der Waals surface area contributed by atoms with Crippen molar-refractivity contribution in [3.05, 3.63) is 32.4 Å². The number of Topliss-reactive ketones (excluding diaryl/α,β-unsaturated/α-hetero) is 1. The van der Waals surface area contributed by atoms with Gasteiger partial charge in [0.1, 0.15) is 0 Å². The number of aromatic amines is 1. The fourth-order valence-electron chi connectivity index (χ4n) is 1.96. The predicted molar refractivity (Wildman–Crippen MR) is 94.6 cm³/mol. The Labute approximate surface area is 147 Å². The maximum absolute atomic E-state index is 12.3. The van der Waals surface area contributed by atoms with Crippen LogP contribution in [0.4, 0.5) is 0 Å². The lowest BCUT2D eigenvalue weighted by molar-refractivity contribution is -0.119. The van der Waals surface area contributed by atoms with Crippen molar-refractivity contribution in [1.29, 1.82) is 0 Å². The van der Waals surface area contributed by atoms with Crippen LogP contribution in [0.5, 0.6) is 0 Å². The lowest BCUT2D eigenvalue weighted by Gasteiger charge is -2.03. The molecule has 2 aromatic heterocycles. The van der Waals surface area contributed by atoms with E-state index in [1.54, 1.807) is 10.6 Å². The molecular weight excluding hydrogens is 348 g/mol. The number of thiophene rings is 1. The molecule has 0 spiro atoms. The normalized spacial score (nSPS) is 10.8. The predicted octanol–water partition coefficient (Wildman–Crippen LogP) is 2.04. The van der Waals surface area contributed by atoms with E-state index in [4.69, 9.17) is 0 Å². The van der Waals surface area contributed by atoms with Crippen LogP contribution in [0.1, 0.15) is 41.2 Å². The molecule has 7 nitrogen and oxygen atoms in total. The van der Waals surface area contributed by atoms with Crippen molar-refractivity contribution in [3.8, 4) is 0 Å². The molecule has 2 rings (SSSR count). The van der Waals surface area contributed by atoms with Crippen LogP contribution in [0.15, 0.2) is 22.1 Å². The van der Waals surface area contributed by atoms with E-state index < -0.39 is 0 Å². The van der Waals surface area contributed by atoms with Crippen LogP contribution >= 0.6 is 23.1 Å². The minimum atomic E-state index is -0.243. The number of rotatable bonds is 9. The number of H-pyrrole nitrogens is 1. The van der Waals surface area contributed by atoms with Gasteiger partial charge in [0.15, 0.2) is 10.9 Å². The van der Waals surface area contributed by atoms with E-state index in [2.05, 4.69) is 22.4 Å². The summed E-state index contributed by atoms with van der Waals surface area (Å²) in [6, 6.07) is 3.60. The molecule has 0 aliphatic carbocycles. The van der Waals surface area contributed by atoms with Crippen LogP contribution < -0.4 is 11.0 Å². The van der Waals surface area contributed by atoms with Crippen LogP contribution in [0.25, 0.3) is 0 Å². The summed E-state index contributed by atoms with van der Waals surface area (Å²) in [5, 5.41) is 9.65. The number of ketones is 1. The van der Waals surface area contributed by atoms with Gasteiger partial charge in [-0.2, -0.15) is 0 Å². The molecule has 0 saturated carbocycles. The van der Waals surface area contributed by atoms with Crippen molar-refractivity contribution >= 4 is 34.8 Å². The highest BCUT2D eigenvalue weighted by Gasteiger charge is 2.14. The molecule has 9 heteroatoms. The number of hydrogen-bond acceptors (Lipinski definition) is 6. The molecule has 0 atom stereocenters. The third kappa shape index (κ3) is 5.07. The third-order valence-corrected chi connectivity index (χ3v) is 5.34. The molecule has 0 fully saturated rings. The number of carbonyl (C=O) groups excluding carboxylic acids is 2. The Balaban J connectivity index is 1.94. The Hall–Kier alpha value is -1.87. The molecule has 2 aromatic rings. The lowest BCUT2D eigenvalue weighted by atomic mass is 10.3. The molecule has 0 aromatic carbocycles. The zero-order chi connectivity index (χ0) is 17.5. The van der Waals surface area contributed by atoms with Crippen molar-refractivity contribution in [2.75, 3.05) is 5.75 Å². The maximum Gasteiger partial charge on any atom is 0.343 e. The van der Waals surface area contributed by atoms with Gasteiger partial charge in [-0.1, -0.05) is 25.1 Å². The van der Waals surface area contributed by atoms with Gasteiger partial charge in [-0.3, -0.25) is 14.2 Å². The van der Waals surface area contributed by atoms with Gasteiger partial charge in [-0.25, -0.2) is 9.89 Å². The Morgan fingerprint density at radius 2 is 2.21 bits per heavy atom. The zero-order valence-corrected chi connectivity index (χ0v) is 15.3. The molecule has 0 bridgehead atoms. The van der Waals surface area contributed by atoms with Crippen molar-refractivity contribution in [3.63, 3.8) is 0 Å². The van der Waals surface area contributed by atoms with E-state index in [1.807, 2.05) is 6.07 Å². The van der Waals surface area contributed by atoms with Crippen molar-refractivity contribution in [2.45, 2.75) is 44.9 Å². The van der Waals surface area contributed by atoms with Crippen LogP contribution in [0, 0.1) is 0 Å². The average molecular weight is 368 g/mol. The van der Waals surface area contributed by atoms with E-state index in [-0.39, 0.29) is 23.1 Å². The second kappa shape index (κ2) is 8.84. The van der Waals surface area contributed by atoms with Gasteiger partial charge in [0.05, 0.1) is 17.2 Å². The van der Waals surface area contributed by atoms with Gasteiger partial charge < -0.3 is 5.32 Å². The smallest absolute Gasteiger partial charge is 0.343 e. The summed E-state index contributed by atoms with van der Waals surface area (Å²) in [7, 11) is 0. The molecule has 130 valence electrons. The topological polar surface area (TPSA) is 96.8 Å². The third-order valence-electron chi connectivity index (χ3n) is 3.24. The minimum Gasteiger partial charge on any atom is -0.351 e. The highest BCUT2D eigenvalue weighted by molar-refractivity contribution is 7.99. The molecule has 0 radical (unpaired) electrons. The van der Waals surface area contributed by atoms with E-state index in [1.165, 1.54) is 30.0 Å². The summed E-state index contributed by atoms with van der Waals surface area (Å²) in [5.41, 5.74) is -0.243. The summed E-state index contributed by atoms with van der Waals surface area (Å²) in [5.74, 6) is 0.100. The van der Waals surface area contributed by atoms with Crippen molar-refractivity contribution < 1.29 is 9.59 Å². The van der Waals surface area contributed by atoms with Gasteiger partial charge in [0, 0.05) is 18.3 Å². The highest BCUT2D eigenvalue weighted by Crippen LogP contribution is 2.21. The second-order valence-electron chi connectivity index (χ2n) is 5.20. The van der Waals surface area contributed by atoms with Crippen LogP contribution in [-0.4, -0.2) is 32.2 Å². The molecule has 2 N–H and O–H groups in total. The molecule has 24 heavy (non-hydrogen) atoms. The minimum absolute atomic E-state index is 0.0171. The monoisotopic (exact) mass is 368 g/mol. The summed E-state index contributed by atoms with van der Waals surface area (Å²) in [4.78, 5) is 36.5. The Bertz CT molecular complexity index is 763. The largest absolute Gasteiger partial charge is 0.351 e. The summed E-state index contributed by atoms with van der Waals surface area (Å²) >= 11 is 2.62. The van der Waals surface area contributed by atoms with E-state index in [0.29, 0.717) is 23.1 Å². The van der Waals surface area contributed by atoms with Crippen LogP contribution in [0.2, 0.25) is 0 Å². The van der Waals surface area contributed by atoms with Gasteiger partial charge in [-0.05, 0) is 18.6 Å². The highest BCUT2D eigenvalue weighted by atomic mass is 32.2. The number of hydrogen-bond donors (Lipinski definition) is 2. The van der Waals surface area contributed by atoms with Gasteiger partial charge in [0.25, 0.3) is 0 Å². The summed E-state index contributed by atoms with van der Waals surface area (Å²) in [6.07, 6.45) is 1.87. The molecule has 0 saturated heterocycles. The number of aromatic nitrogens is 3. The van der Waals surface area contributed by atoms with E-state index >= 15 is 0 Å². The first-order chi connectivity index (χ1) is 11.5. The van der Waals surface area contributed by atoms with E-state index in [0.717, 1.165) is 17.7 Å². The number of amides is 1. The second-order valence-corrected chi connectivity index (χ2v) is 7.31. The van der Waals surface area contributed by atoms with Crippen molar-refractivity contribution in [1.82, 2.24) is 20.1 Å². The number of nitrogens with zero attached hydrogens (tertiary/aromatic N) is 2. The Morgan fingerprint density at radius 1 is 1.42 bits per heavy atom. The lowest BCUT2D eigenvalue weighted by Crippen LogP contribution is -2.18. The molecule has 2 heterocycles. The van der Waals surface area contributed by atoms with Gasteiger partial charge in [0.2, 0.25) is 5.91 Å². The van der Waals surface area contributed by atoms with Gasteiger partial charge in [-0.15, -0.1) is 16.4 Å². The first-order valence-corrected chi connectivity index (χ1v) is 9.45. The standard InChI is InChI=1S/C15H20N4O3S2/c1-3-4-7-19-14(22)17-18-15(19)23-9-12(21)13-6-5-11(24-13)8-16-10(2)20/h5-6H,3-4,7-9H2,1-2H3,(H,16,20)(H,17,22). The van der Waals surface area contributed by atoms with Crippen LogP contribution in [0.3, 0.4) is 0 Å². The summed E-state index contributed by atoms with van der Waals surface area (Å²) < 4.78 is 1.57. The fourth-order valence-corrected chi connectivity index (χ4v) is 3.79. The zero-order valence-electron chi connectivity index (χ0n) is 13.6.